The van der Waals surface area contributed by atoms with Gasteiger partial charge in [-0.15, -0.1) is 0 Å². The summed E-state index contributed by atoms with van der Waals surface area (Å²) in [6.45, 7) is 7.74. The van der Waals surface area contributed by atoms with Gasteiger partial charge in [0, 0.05) is 54.5 Å². The lowest BCUT2D eigenvalue weighted by Gasteiger charge is -2.29. The lowest BCUT2D eigenvalue weighted by Crippen LogP contribution is -2.41. The molecule has 1 unspecified atom stereocenters. The highest BCUT2D eigenvalue weighted by molar-refractivity contribution is 6.31. The fraction of sp³-hybridized carbons (Fsp3) is 0.355. The van der Waals surface area contributed by atoms with Crippen molar-refractivity contribution in [2.75, 3.05) is 26.1 Å². The molecule has 2 aromatic rings. The number of hydrogen-bond acceptors (Lipinski definition) is 7. The average Bonchev–Trinajstić information content (AvgIpc) is 2.92. The van der Waals surface area contributed by atoms with Gasteiger partial charge in [0.2, 0.25) is 5.91 Å². The number of nitrogens with one attached hydrogen (secondary N) is 1. The molecule has 2 rings (SSSR count). The van der Waals surface area contributed by atoms with Crippen LogP contribution in [0.5, 0.6) is 0 Å². The molecule has 0 saturated carbocycles. The number of ketones is 1. The third-order valence-corrected chi connectivity index (χ3v) is 6.29. The fourth-order valence-electron chi connectivity index (χ4n) is 3.97. The Morgan fingerprint density at radius 2 is 1.76 bits per heavy atom. The smallest absolute Gasteiger partial charge is 0.335 e. The summed E-state index contributed by atoms with van der Waals surface area (Å²) in [5.41, 5.74) is 1.23. The Morgan fingerprint density at radius 3 is 2.29 bits per heavy atom. The molecule has 1 amide bonds. The molecule has 10 heteroatoms. The number of allylic oxidation sites excluding steroid dienone is 2. The van der Waals surface area contributed by atoms with Gasteiger partial charge in [0.25, 0.3) is 0 Å². The summed E-state index contributed by atoms with van der Waals surface area (Å²) in [7, 11) is 3.11. The Labute approximate surface area is 245 Å². The largest absolute Gasteiger partial charge is 0.495 e. The predicted octanol–water partition coefficient (Wildman–Crippen LogP) is 5.85. The maximum absolute atomic E-state index is 13.5. The number of methoxy groups -OCH3 is 1. The Kier molecular flexibility index (Phi) is 12.3. The zero-order chi connectivity index (χ0) is 30.7. The number of rotatable bonds is 14. The number of halogens is 1. The second-order valence-corrected chi connectivity index (χ2v) is 10.6. The van der Waals surface area contributed by atoms with Gasteiger partial charge in [-0.3, -0.25) is 14.4 Å². The van der Waals surface area contributed by atoms with E-state index in [1.165, 1.54) is 37.5 Å². The van der Waals surface area contributed by atoms with E-state index in [2.05, 4.69) is 5.32 Å². The maximum atomic E-state index is 13.5. The van der Waals surface area contributed by atoms with Crippen molar-refractivity contribution < 1.29 is 33.8 Å². The van der Waals surface area contributed by atoms with Gasteiger partial charge in [-0.25, -0.2) is 4.79 Å². The minimum atomic E-state index is -1.07. The molecule has 0 aliphatic carbocycles. The first-order valence-electron chi connectivity index (χ1n) is 13.1. The van der Waals surface area contributed by atoms with Gasteiger partial charge in [0.15, 0.2) is 5.78 Å². The predicted molar refractivity (Wildman–Crippen MR) is 159 cm³/mol. The van der Waals surface area contributed by atoms with E-state index in [-0.39, 0.29) is 36.0 Å². The SMILES string of the molecule is CCC(=O)c1ccc(Cl)cc1C(=C/C=O)/C(=C\N(C)C(CCOC(C)(C)C)C(=O)Nc1ccc(C(=O)O)cc1)OC. The maximum Gasteiger partial charge on any atom is 0.335 e. The number of nitrogens with zero attached hydrogens (tertiary/aromatic N) is 1. The van der Waals surface area contributed by atoms with Crippen molar-refractivity contribution in [3.05, 3.63) is 82.2 Å². The highest BCUT2D eigenvalue weighted by atomic mass is 35.5. The third kappa shape index (κ3) is 9.88. The number of carbonyl (C=O) groups excluding carboxylic acids is 3. The second-order valence-electron chi connectivity index (χ2n) is 10.2. The van der Waals surface area contributed by atoms with E-state index in [9.17, 15) is 19.2 Å². The summed E-state index contributed by atoms with van der Waals surface area (Å²) in [5.74, 6) is -1.35. The number of carboxylic acids is 1. The molecule has 220 valence electrons. The zero-order valence-electron chi connectivity index (χ0n) is 24.2. The molecular formula is C31H37ClN2O7. The number of amides is 1. The van der Waals surface area contributed by atoms with Crippen molar-refractivity contribution in [1.29, 1.82) is 0 Å². The van der Waals surface area contributed by atoms with Crippen LogP contribution in [0.4, 0.5) is 5.69 Å². The van der Waals surface area contributed by atoms with Crippen LogP contribution in [0, 0.1) is 0 Å². The molecule has 41 heavy (non-hydrogen) atoms. The Morgan fingerprint density at radius 1 is 1.10 bits per heavy atom. The van der Waals surface area contributed by atoms with Gasteiger partial charge in [0.05, 0.1) is 18.3 Å². The number of carbonyl (C=O) groups is 4. The fourth-order valence-corrected chi connectivity index (χ4v) is 4.14. The van der Waals surface area contributed by atoms with Crippen LogP contribution < -0.4 is 5.32 Å². The topological polar surface area (TPSA) is 122 Å². The van der Waals surface area contributed by atoms with Crippen molar-refractivity contribution in [2.24, 2.45) is 0 Å². The number of hydrogen-bond donors (Lipinski definition) is 2. The molecule has 0 aromatic heterocycles. The molecule has 2 aromatic carbocycles. The first-order chi connectivity index (χ1) is 19.3. The first-order valence-corrected chi connectivity index (χ1v) is 13.4. The third-order valence-electron chi connectivity index (χ3n) is 6.05. The number of Topliss-reactive ketones (excluding diaryl/α,β-unsaturated/α-hetero) is 1. The van der Waals surface area contributed by atoms with E-state index < -0.39 is 17.6 Å². The minimum Gasteiger partial charge on any atom is -0.495 e. The van der Waals surface area contributed by atoms with E-state index in [0.29, 0.717) is 40.1 Å². The lowest BCUT2D eigenvalue weighted by molar-refractivity contribution is -0.121. The Hall–Kier alpha value is -3.95. The number of aldehydes is 1. The molecule has 9 nitrogen and oxygen atoms in total. The highest BCUT2D eigenvalue weighted by Gasteiger charge is 2.25. The van der Waals surface area contributed by atoms with Gasteiger partial charge in [-0.05, 0) is 74.9 Å². The summed E-state index contributed by atoms with van der Waals surface area (Å²) < 4.78 is 11.5. The summed E-state index contributed by atoms with van der Waals surface area (Å²) >= 11 is 6.26. The molecule has 0 fully saturated rings. The summed E-state index contributed by atoms with van der Waals surface area (Å²) in [4.78, 5) is 50.6. The highest BCUT2D eigenvalue weighted by Crippen LogP contribution is 2.30. The van der Waals surface area contributed by atoms with Gasteiger partial charge >= 0.3 is 5.97 Å². The standard InChI is InChI=1S/C31H37ClN2O7/c1-7-27(36)23-13-10-21(32)18-25(23)24(14-16-35)28(40-6)19-34(5)26(15-17-41-31(2,3)4)29(37)33-22-11-8-20(9-12-22)30(38)39/h8-14,16,18-19,26H,7,15,17H2,1-6H3,(H,33,37)(H,38,39)/b24-14-,28-19+. The summed E-state index contributed by atoms with van der Waals surface area (Å²) in [6, 6.07) is 9.87. The van der Waals surface area contributed by atoms with Crippen molar-refractivity contribution in [3.8, 4) is 0 Å². The van der Waals surface area contributed by atoms with Crippen LogP contribution in [0.2, 0.25) is 5.02 Å². The molecule has 0 radical (unpaired) electrons. The number of benzene rings is 2. The van der Waals surface area contributed by atoms with Gasteiger partial charge in [-0.2, -0.15) is 0 Å². The van der Waals surface area contributed by atoms with Crippen molar-refractivity contribution in [3.63, 3.8) is 0 Å². The summed E-state index contributed by atoms with van der Waals surface area (Å²) in [6.07, 6.45) is 3.99. The zero-order valence-corrected chi connectivity index (χ0v) is 24.9. The molecule has 0 aliphatic rings. The number of carboxylic acid groups (broad SMARTS) is 1. The average molecular weight is 585 g/mol. The molecule has 0 spiro atoms. The Balaban J connectivity index is 2.49. The second kappa shape index (κ2) is 15.2. The summed E-state index contributed by atoms with van der Waals surface area (Å²) in [5, 5.41) is 12.3. The van der Waals surface area contributed by atoms with Crippen LogP contribution in [0.3, 0.4) is 0 Å². The Bertz CT molecular complexity index is 1310. The van der Waals surface area contributed by atoms with Crippen LogP contribution in [-0.4, -0.2) is 66.4 Å². The molecular weight excluding hydrogens is 548 g/mol. The quantitative estimate of drug-likeness (QED) is 0.0933. The van der Waals surface area contributed by atoms with Crippen molar-refractivity contribution in [2.45, 2.75) is 52.2 Å². The van der Waals surface area contributed by atoms with Gasteiger partial charge in [0.1, 0.15) is 18.1 Å². The molecule has 1 atom stereocenters. The van der Waals surface area contributed by atoms with Crippen molar-refractivity contribution in [1.82, 2.24) is 4.90 Å². The van der Waals surface area contributed by atoms with Crippen LogP contribution in [0.15, 0.2) is 60.5 Å². The molecule has 0 heterocycles. The monoisotopic (exact) mass is 584 g/mol. The number of likely N-dealkylation sites (N-methyl/N-ethyl adjacent to an activating group) is 1. The number of anilines is 1. The lowest BCUT2D eigenvalue weighted by atomic mass is 9.94. The number of ether oxygens (including phenoxy) is 2. The first kappa shape index (κ1) is 33.3. The van der Waals surface area contributed by atoms with Gasteiger partial charge < -0.3 is 24.8 Å². The van der Waals surface area contributed by atoms with E-state index in [1.54, 1.807) is 43.3 Å². The van der Waals surface area contributed by atoms with Crippen LogP contribution in [0.1, 0.15) is 66.8 Å². The van der Waals surface area contributed by atoms with E-state index in [0.717, 1.165) is 0 Å². The molecule has 0 bridgehead atoms. The molecule has 2 N–H and O–H groups in total. The van der Waals surface area contributed by atoms with Crippen LogP contribution >= 0.6 is 11.6 Å². The van der Waals surface area contributed by atoms with Gasteiger partial charge in [-0.1, -0.05) is 18.5 Å². The van der Waals surface area contributed by atoms with Crippen LogP contribution in [-0.2, 0) is 19.1 Å². The molecule has 0 aliphatic heterocycles. The van der Waals surface area contributed by atoms with E-state index >= 15 is 0 Å². The van der Waals surface area contributed by atoms with Crippen LogP contribution in [0.25, 0.3) is 5.57 Å². The minimum absolute atomic E-state index is 0.0966. The normalized spacial score (nSPS) is 12.9. The van der Waals surface area contributed by atoms with E-state index in [4.69, 9.17) is 26.2 Å². The molecule has 0 saturated heterocycles. The number of aromatic carboxylic acids is 1. The van der Waals surface area contributed by atoms with Crippen molar-refractivity contribution >= 4 is 46.8 Å². The van der Waals surface area contributed by atoms with E-state index in [1.807, 2.05) is 20.8 Å².